The minimum atomic E-state index is -1.31. The van der Waals surface area contributed by atoms with Crippen LogP contribution in [0.15, 0.2) is 57.8 Å². The molecule has 5 aromatic rings. The monoisotopic (exact) mass is 649 g/mol. The van der Waals surface area contributed by atoms with Crippen LogP contribution in [0.3, 0.4) is 0 Å². The number of imidazole rings is 1. The number of halogens is 3. The van der Waals surface area contributed by atoms with Crippen molar-refractivity contribution in [3.63, 3.8) is 0 Å². The lowest BCUT2D eigenvalue weighted by Crippen LogP contribution is -2.35. The lowest BCUT2D eigenvalue weighted by Gasteiger charge is -2.33. The molecule has 2 saturated heterocycles. The minimum absolute atomic E-state index is 0.0188. The molecule has 2 aromatic heterocycles. The number of hydrogen-bond acceptors (Lipinski definition) is 8. The fourth-order valence-electron chi connectivity index (χ4n) is 6.72. The topological polar surface area (TPSA) is 108 Å². The molecule has 0 bridgehead atoms. The van der Waals surface area contributed by atoms with Gasteiger partial charge in [0, 0.05) is 30.2 Å². The van der Waals surface area contributed by atoms with Crippen LogP contribution in [0.1, 0.15) is 49.1 Å². The van der Waals surface area contributed by atoms with E-state index in [4.69, 9.17) is 30.8 Å². The maximum Gasteiger partial charge on any atom is 0.439 e. The van der Waals surface area contributed by atoms with Crippen LogP contribution < -0.4 is 15.2 Å². The van der Waals surface area contributed by atoms with Gasteiger partial charge in [-0.2, -0.15) is 0 Å². The first-order valence-corrected chi connectivity index (χ1v) is 15.7. The molecule has 10 nitrogen and oxygen atoms in total. The number of para-hydroxylation sites is 1. The second-order valence-electron chi connectivity index (χ2n) is 12.2. The summed E-state index contributed by atoms with van der Waals surface area (Å²) in [7, 11) is 0. The Bertz CT molecular complexity index is 2020. The molecule has 0 saturated carbocycles. The number of hydrogen-bond donors (Lipinski definition) is 1. The number of nitrogens with one attached hydrogen (secondary N) is 1. The Morgan fingerprint density at radius 2 is 1.89 bits per heavy atom. The van der Waals surface area contributed by atoms with Crippen molar-refractivity contribution in [2.24, 2.45) is 0 Å². The van der Waals surface area contributed by atoms with Crippen molar-refractivity contribution < 1.29 is 27.5 Å². The summed E-state index contributed by atoms with van der Waals surface area (Å²) in [6.07, 6.45) is 2.72. The van der Waals surface area contributed by atoms with Crippen molar-refractivity contribution in [2.45, 2.75) is 57.1 Å². The Kier molecular flexibility index (Phi) is 7.11. The first kappa shape index (κ1) is 29.2. The Morgan fingerprint density at radius 1 is 1.07 bits per heavy atom. The lowest BCUT2D eigenvalue weighted by molar-refractivity contribution is -0.0712. The third-order valence-corrected chi connectivity index (χ3v) is 9.45. The second-order valence-corrected chi connectivity index (χ2v) is 12.6. The van der Waals surface area contributed by atoms with Gasteiger partial charge in [-0.1, -0.05) is 28.9 Å². The summed E-state index contributed by atoms with van der Waals surface area (Å²) in [6, 6.07) is 13.3. The van der Waals surface area contributed by atoms with E-state index in [2.05, 4.69) is 25.6 Å². The molecule has 3 aromatic carbocycles. The smallest absolute Gasteiger partial charge is 0.439 e. The second kappa shape index (κ2) is 11.2. The molecular formula is C33H30ClF2N5O5. The molecule has 1 unspecified atom stereocenters. The third-order valence-electron chi connectivity index (χ3n) is 9.21. The number of aromatic nitrogens is 4. The molecule has 0 spiro atoms. The molecule has 238 valence electrons. The number of nitrogens with zero attached hydrogens (tertiary/aromatic N) is 4. The highest BCUT2D eigenvalue weighted by Gasteiger charge is 2.43. The predicted molar refractivity (Wildman–Crippen MR) is 164 cm³/mol. The van der Waals surface area contributed by atoms with Gasteiger partial charge in [0.15, 0.2) is 17.3 Å². The highest BCUT2D eigenvalue weighted by molar-refractivity contribution is 6.30. The fraction of sp³-hybridized carbons (Fsp3) is 0.364. The van der Waals surface area contributed by atoms with Crippen LogP contribution in [-0.4, -0.2) is 50.4 Å². The minimum Gasteiger partial charge on any atom is -0.444 e. The molecule has 0 aliphatic carbocycles. The summed E-state index contributed by atoms with van der Waals surface area (Å²) in [5.41, 5.74) is 2.70. The molecule has 3 aliphatic rings. The Balaban J connectivity index is 1.01. The summed E-state index contributed by atoms with van der Waals surface area (Å²) in [4.78, 5) is 21.1. The van der Waals surface area contributed by atoms with Gasteiger partial charge in [0.1, 0.15) is 17.5 Å². The van der Waals surface area contributed by atoms with Crippen molar-refractivity contribution in [1.29, 1.82) is 0 Å². The van der Waals surface area contributed by atoms with Crippen LogP contribution in [0.5, 0.6) is 11.5 Å². The van der Waals surface area contributed by atoms with Gasteiger partial charge >= 0.3 is 5.76 Å². The first-order valence-electron chi connectivity index (χ1n) is 15.3. The van der Waals surface area contributed by atoms with E-state index in [1.165, 1.54) is 12.1 Å². The summed E-state index contributed by atoms with van der Waals surface area (Å²) in [5, 5.41) is 3.95. The molecule has 3 aliphatic heterocycles. The van der Waals surface area contributed by atoms with Crippen LogP contribution in [0.2, 0.25) is 5.02 Å². The van der Waals surface area contributed by atoms with E-state index < -0.39 is 23.2 Å². The number of aromatic amines is 1. The van der Waals surface area contributed by atoms with Crippen molar-refractivity contribution in [3.8, 4) is 22.9 Å². The highest BCUT2D eigenvalue weighted by Crippen LogP contribution is 2.50. The fourth-order valence-corrected chi connectivity index (χ4v) is 6.88. The summed E-state index contributed by atoms with van der Waals surface area (Å²) in [6.45, 7) is 5.19. The Morgan fingerprint density at radius 3 is 2.61 bits per heavy atom. The van der Waals surface area contributed by atoms with E-state index in [9.17, 15) is 9.18 Å². The largest absolute Gasteiger partial charge is 0.444 e. The van der Waals surface area contributed by atoms with E-state index in [1.807, 2.05) is 16.7 Å². The number of ether oxygens (including phenoxy) is 3. The lowest BCUT2D eigenvalue weighted by atomic mass is 9.88. The number of likely N-dealkylation sites (tertiary alicyclic amines) is 1. The van der Waals surface area contributed by atoms with E-state index in [1.54, 1.807) is 25.1 Å². The number of benzene rings is 3. The number of fused-ring (bicyclic) bond motifs is 2. The molecule has 13 heteroatoms. The van der Waals surface area contributed by atoms with Crippen LogP contribution in [0, 0.1) is 11.6 Å². The average molecular weight is 650 g/mol. The van der Waals surface area contributed by atoms with Crippen LogP contribution in [-0.2, 0) is 23.6 Å². The van der Waals surface area contributed by atoms with E-state index in [-0.39, 0.29) is 29.0 Å². The van der Waals surface area contributed by atoms with Gasteiger partial charge < -0.3 is 18.8 Å². The molecule has 0 amide bonds. The zero-order valence-electron chi connectivity index (χ0n) is 24.9. The van der Waals surface area contributed by atoms with Crippen molar-refractivity contribution in [2.75, 3.05) is 19.7 Å². The van der Waals surface area contributed by atoms with Gasteiger partial charge in [0.25, 0.3) is 5.79 Å². The molecule has 1 N–H and O–H groups in total. The van der Waals surface area contributed by atoms with Gasteiger partial charge in [-0.3, -0.25) is 14.4 Å². The standard InChI is InChI=1S/C33H30ClF2N5O5/c1-33(23-6-5-19(34)13-25(23)36)44-28-4-2-3-21(30(28)45-33)18-7-10-40(11-8-18)17-29-37-26-14-22(31-38-32(42)46-39-31)24(35)15-27(26)41(29)16-20-9-12-43-20/h2-6,13-15,18,20H,7-12,16-17H2,1H3,(H,38,39,42)/t20-,33?/m0/s1. The number of H-pyrrole nitrogens is 1. The Labute approximate surface area is 266 Å². The summed E-state index contributed by atoms with van der Waals surface area (Å²) < 4.78 is 55.0. The van der Waals surface area contributed by atoms with Gasteiger partial charge in [-0.25, -0.2) is 18.6 Å². The zero-order valence-corrected chi connectivity index (χ0v) is 25.7. The maximum atomic E-state index is 15.2. The number of rotatable bonds is 7. The first-order chi connectivity index (χ1) is 22.2. The van der Waals surface area contributed by atoms with Gasteiger partial charge in [0.2, 0.25) is 0 Å². The molecule has 0 radical (unpaired) electrons. The Hall–Kier alpha value is -4.26. The van der Waals surface area contributed by atoms with Crippen molar-refractivity contribution >= 4 is 22.6 Å². The van der Waals surface area contributed by atoms with Gasteiger partial charge in [0.05, 0.1) is 41.4 Å². The maximum absolute atomic E-state index is 15.2. The molecule has 5 heterocycles. The summed E-state index contributed by atoms with van der Waals surface area (Å²) in [5.74, 6) is -0.796. The SMILES string of the molecule is CC1(c2ccc(Cl)cc2F)Oc2cccc(C3CCN(Cc4nc5cc(-c6noc(=O)[nH]6)c(F)cc5n4C[C@@H]4CCO4)CC3)c2O1. The summed E-state index contributed by atoms with van der Waals surface area (Å²) >= 11 is 5.98. The normalized spacial score (nSPS) is 21.6. The molecule has 2 atom stereocenters. The van der Waals surface area contributed by atoms with E-state index in [0.717, 1.165) is 43.7 Å². The molecular weight excluding hydrogens is 620 g/mol. The molecule has 8 rings (SSSR count). The van der Waals surface area contributed by atoms with E-state index in [0.29, 0.717) is 47.3 Å². The molecule has 46 heavy (non-hydrogen) atoms. The number of piperidine rings is 1. The van der Waals surface area contributed by atoms with Crippen LogP contribution >= 0.6 is 11.6 Å². The van der Waals surface area contributed by atoms with E-state index >= 15 is 4.39 Å². The molecule has 2 fully saturated rings. The van der Waals surface area contributed by atoms with Gasteiger partial charge in [-0.15, -0.1) is 0 Å². The third kappa shape index (κ3) is 5.14. The van der Waals surface area contributed by atoms with Crippen LogP contribution in [0.4, 0.5) is 8.78 Å². The quantitative estimate of drug-likeness (QED) is 0.225. The van der Waals surface area contributed by atoms with Gasteiger partial charge in [-0.05, 0) is 68.6 Å². The van der Waals surface area contributed by atoms with Crippen LogP contribution in [0.25, 0.3) is 22.4 Å². The van der Waals surface area contributed by atoms with Crippen molar-refractivity contribution in [3.05, 3.63) is 92.7 Å². The average Bonchev–Trinajstić information content (AvgIpc) is 3.69. The van der Waals surface area contributed by atoms with Crippen molar-refractivity contribution in [1.82, 2.24) is 24.6 Å². The predicted octanol–water partition coefficient (Wildman–Crippen LogP) is 6.12. The zero-order chi connectivity index (χ0) is 31.6. The highest BCUT2D eigenvalue weighted by atomic mass is 35.5.